The molecule has 2 N–H and O–H groups in total. The second kappa shape index (κ2) is 10.0. The van der Waals surface area contributed by atoms with E-state index in [2.05, 4.69) is 40.5 Å². The summed E-state index contributed by atoms with van der Waals surface area (Å²) in [6.45, 7) is 5.11. The molecule has 1 aromatic heterocycles. The fourth-order valence-corrected chi connectivity index (χ4v) is 2.97. The van der Waals surface area contributed by atoms with E-state index < -0.39 is 0 Å². The van der Waals surface area contributed by atoms with Crippen LogP contribution >= 0.6 is 24.0 Å². The Labute approximate surface area is 151 Å². The first kappa shape index (κ1) is 19.2. The Morgan fingerprint density at radius 1 is 1.32 bits per heavy atom. The van der Waals surface area contributed by atoms with Crippen molar-refractivity contribution in [3.63, 3.8) is 0 Å². The summed E-state index contributed by atoms with van der Waals surface area (Å²) in [6.07, 6.45) is 8.34. The van der Waals surface area contributed by atoms with Crippen LogP contribution in [-0.4, -0.2) is 24.0 Å². The highest BCUT2D eigenvalue weighted by Crippen LogP contribution is 2.26. The molecule has 1 fully saturated rings. The zero-order valence-electron chi connectivity index (χ0n) is 13.9. The summed E-state index contributed by atoms with van der Waals surface area (Å²) in [5, 5.41) is 6.93. The van der Waals surface area contributed by atoms with E-state index in [1.54, 1.807) is 0 Å². The molecule has 0 spiro atoms. The van der Waals surface area contributed by atoms with Gasteiger partial charge in [0, 0.05) is 19.3 Å². The summed E-state index contributed by atoms with van der Waals surface area (Å²) in [6, 6.07) is 4.62. The molecular formula is C17H29IN4. The molecule has 0 amide bonds. The molecule has 22 heavy (non-hydrogen) atoms. The van der Waals surface area contributed by atoms with Gasteiger partial charge in [-0.05, 0) is 50.2 Å². The Morgan fingerprint density at radius 2 is 2.05 bits per heavy atom. The Morgan fingerprint density at radius 3 is 2.64 bits per heavy atom. The van der Waals surface area contributed by atoms with Crippen molar-refractivity contribution in [2.45, 2.75) is 58.5 Å². The fourth-order valence-electron chi connectivity index (χ4n) is 2.97. The molecule has 0 aliphatic heterocycles. The third-order valence-electron chi connectivity index (χ3n) is 4.53. The molecule has 0 saturated heterocycles. The van der Waals surface area contributed by atoms with E-state index in [1.165, 1.54) is 37.7 Å². The molecule has 0 atom stereocenters. The van der Waals surface area contributed by atoms with E-state index in [1.807, 2.05) is 19.3 Å². The lowest BCUT2D eigenvalue weighted by Crippen LogP contribution is -2.44. The topological polar surface area (TPSA) is 49.3 Å². The summed E-state index contributed by atoms with van der Waals surface area (Å²) in [5.74, 6) is 1.81. The van der Waals surface area contributed by atoms with Crippen molar-refractivity contribution in [1.29, 1.82) is 0 Å². The average molecular weight is 416 g/mol. The lowest BCUT2D eigenvalue weighted by molar-refractivity contribution is 0.304. The highest BCUT2D eigenvalue weighted by molar-refractivity contribution is 14.0. The van der Waals surface area contributed by atoms with Gasteiger partial charge in [-0.2, -0.15) is 0 Å². The highest BCUT2D eigenvalue weighted by atomic mass is 127. The molecule has 1 aliphatic carbocycles. The van der Waals surface area contributed by atoms with Crippen molar-refractivity contribution in [3.05, 3.63) is 29.6 Å². The van der Waals surface area contributed by atoms with Crippen LogP contribution in [0.15, 0.2) is 23.3 Å². The van der Waals surface area contributed by atoms with Gasteiger partial charge >= 0.3 is 0 Å². The number of hydrogen-bond acceptors (Lipinski definition) is 2. The van der Waals surface area contributed by atoms with Gasteiger partial charge in [-0.25, -0.2) is 0 Å². The number of guanidine groups is 1. The zero-order chi connectivity index (χ0) is 15.1. The predicted molar refractivity (Wildman–Crippen MR) is 104 cm³/mol. The summed E-state index contributed by atoms with van der Waals surface area (Å²) in [4.78, 5) is 8.74. The first-order valence-corrected chi connectivity index (χ1v) is 8.10. The van der Waals surface area contributed by atoms with Crippen LogP contribution in [0.5, 0.6) is 0 Å². The summed E-state index contributed by atoms with van der Waals surface area (Å²) < 4.78 is 0. The Hall–Kier alpha value is -0.850. The van der Waals surface area contributed by atoms with Crippen molar-refractivity contribution in [1.82, 2.24) is 15.6 Å². The summed E-state index contributed by atoms with van der Waals surface area (Å²) >= 11 is 0. The second-order valence-electron chi connectivity index (χ2n) is 5.96. The van der Waals surface area contributed by atoms with Crippen molar-refractivity contribution in [2.24, 2.45) is 10.9 Å². The first-order chi connectivity index (χ1) is 10.2. The molecule has 0 aromatic carbocycles. The lowest BCUT2D eigenvalue weighted by Gasteiger charge is -2.29. The average Bonchev–Trinajstić information content (AvgIpc) is 2.53. The SMILES string of the molecule is CCC1CCC(NC(=NC)NCc2ncccc2C)CC1.I. The van der Waals surface area contributed by atoms with Crippen molar-refractivity contribution in [3.8, 4) is 0 Å². The van der Waals surface area contributed by atoms with Gasteiger partial charge in [-0.15, -0.1) is 24.0 Å². The smallest absolute Gasteiger partial charge is 0.191 e. The van der Waals surface area contributed by atoms with Crippen LogP contribution in [0.1, 0.15) is 50.3 Å². The summed E-state index contributed by atoms with van der Waals surface area (Å²) in [7, 11) is 1.83. The number of aliphatic imine (C=N–C) groups is 1. The van der Waals surface area contributed by atoms with E-state index in [-0.39, 0.29) is 24.0 Å². The number of rotatable bonds is 4. The number of pyridine rings is 1. The normalized spacial score (nSPS) is 21.9. The monoisotopic (exact) mass is 416 g/mol. The van der Waals surface area contributed by atoms with Crippen LogP contribution in [0.2, 0.25) is 0 Å². The minimum absolute atomic E-state index is 0. The Balaban J connectivity index is 0.00000242. The van der Waals surface area contributed by atoms with Gasteiger partial charge in [-0.3, -0.25) is 9.98 Å². The maximum Gasteiger partial charge on any atom is 0.191 e. The third-order valence-corrected chi connectivity index (χ3v) is 4.53. The van der Waals surface area contributed by atoms with Gasteiger partial charge in [0.1, 0.15) is 0 Å². The third kappa shape index (κ3) is 5.74. The van der Waals surface area contributed by atoms with E-state index >= 15 is 0 Å². The number of hydrogen-bond donors (Lipinski definition) is 2. The number of aryl methyl sites for hydroxylation is 1. The molecule has 0 radical (unpaired) electrons. The van der Waals surface area contributed by atoms with Crippen LogP contribution in [0, 0.1) is 12.8 Å². The van der Waals surface area contributed by atoms with Gasteiger partial charge in [0.25, 0.3) is 0 Å². The van der Waals surface area contributed by atoms with Gasteiger partial charge in [0.15, 0.2) is 5.96 Å². The van der Waals surface area contributed by atoms with Crippen molar-refractivity contribution in [2.75, 3.05) is 7.05 Å². The number of nitrogens with zero attached hydrogens (tertiary/aromatic N) is 2. The summed E-state index contributed by atoms with van der Waals surface area (Å²) in [5.41, 5.74) is 2.29. The Bertz CT molecular complexity index is 467. The van der Waals surface area contributed by atoms with E-state index in [4.69, 9.17) is 0 Å². The molecule has 0 bridgehead atoms. The minimum atomic E-state index is 0. The first-order valence-electron chi connectivity index (χ1n) is 8.10. The molecule has 5 heteroatoms. The van der Waals surface area contributed by atoms with Crippen LogP contribution in [0.3, 0.4) is 0 Å². The number of aromatic nitrogens is 1. The maximum atomic E-state index is 4.41. The minimum Gasteiger partial charge on any atom is -0.354 e. The van der Waals surface area contributed by atoms with Crippen molar-refractivity contribution < 1.29 is 0 Å². The van der Waals surface area contributed by atoms with Gasteiger partial charge < -0.3 is 10.6 Å². The molecule has 2 rings (SSSR count). The Kier molecular flexibility index (Phi) is 8.75. The van der Waals surface area contributed by atoms with E-state index in [0.29, 0.717) is 6.04 Å². The molecule has 4 nitrogen and oxygen atoms in total. The van der Waals surface area contributed by atoms with Gasteiger partial charge in [0.05, 0.1) is 12.2 Å². The van der Waals surface area contributed by atoms with Crippen LogP contribution in [0.4, 0.5) is 0 Å². The number of nitrogens with one attached hydrogen (secondary N) is 2. The molecule has 124 valence electrons. The number of halogens is 1. The molecule has 1 aromatic rings. The van der Waals surface area contributed by atoms with E-state index in [0.717, 1.165) is 24.1 Å². The van der Waals surface area contributed by atoms with Gasteiger partial charge in [-0.1, -0.05) is 19.4 Å². The quantitative estimate of drug-likeness (QED) is 0.448. The molecular weight excluding hydrogens is 387 g/mol. The maximum absolute atomic E-state index is 4.41. The van der Waals surface area contributed by atoms with Crippen LogP contribution in [-0.2, 0) is 6.54 Å². The highest BCUT2D eigenvalue weighted by Gasteiger charge is 2.20. The predicted octanol–water partition coefficient (Wildman–Crippen LogP) is 3.64. The van der Waals surface area contributed by atoms with Crippen LogP contribution < -0.4 is 10.6 Å². The standard InChI is InChI=1S/C17H28N4.HI/c1-4-14-7-9-15(10-8-14)21-17(18-3)20-12-16-13(2)6-5-11-19-16;/h5-6,11,14-15H,4,7-10,12H2,1-3H3,(H2,18,20,21);1H. The largest absolute Gasteiger partial charge is 0.354 e. The second-order valence-corrected chi connectivity index (χ2v) is 5.96. The molecule has 0 unspecified atom stereocenters. The van der Waals surface area contributed by atoms with Crippen LogP contribution in [0.25, 0.3) is 0 Å². The fraction of sp³-hybridized carbons (Fsp3) is 0.647. The van der Waals surface area contributed by atoms with Crippen molar-refractivity contribution >= 4 is 29.9 Å². The molecule has 1 saturated carbocycles. The van der Waals surface area contributed by atoms with Gasteiger partial charge in [0.2, 0.25) is 0 Å². The molecule has 1 aliphatic rings. The zero-order valence-corrected chi connectivity index (χ0v) is 16.3. The lowest BCUT2D eigenvalue weighted by atomic mass is 9.84. The molecule has 1 heterocycles. The van der Waals surface area contributed by atoms with E-state index in [9.17, 15) is 0 Å².